The maximum atomic E-state index is 6.03. The van der Waals surface area contributed by atoms with Crippen LogP contribution >= 0.6 is 0 Å². The molecular formula is C22H24N2O2. The minimum Gasteiger partial charge on any atom is -0.443 e. The fourth-order valence-electron chi connectivity index (χ4n) is 3.45. The van der Waals surface area contributed by atoms with Crippen molar-refractivity contribution in [3.8, 4) is 0 Å². The minimum absolute atomic E-state index is 0.00706. The van der Waals surface area contributed by atoms with Crippen molar-refractivity contribution in [2.24, 2.45) is 0 Å². The van der Waals surface area contributed by atoms with Crippen molar-refractivity contribution < 1.29 is 8.83 Å². The summed E-state index contributed by atoms with van der Waals surface area (Å²) in [5.74, 6) is 0.758. The number of para-hydroxylation sites is 2. The fourth-order valence-corrected chi connectivity index (χ4v) is 3.45. The summed E-state index contributed by atoms with van der Waals surface area (Å²) < 4.78 is 11.6. The smallest absolute Gasteiger partial charge is 0.201 e. The zero-order valence-electron chi connectivity index (χ0n) is 16.0. The summed E-state index contributed by atoms with van der Waals surface area (Å²) in [5.41, 5.74) is 5.67. The van der Waals surface area contributed by atoms with E-state index in [0.717, 1.165) is 34.5 Å². The van der Waals surface area contributed by atoms with Crippen LogP contribution in [-0.2, 0) is 17.3 Å². The lowest BCUT2D eigenvalue weighted by Crippen LogP contribution is -2.21. The highest BCUT2D eigenvalue weighted by atomic mass is 16.3. The first-order chi connectivity index (χ1) is 12.2. The maximum Gasteiger partial charge on any atom is 0.201 e. The first-order valence-electron chi connectivity index (χ1n) is 8.97. The van der Waals surface area contributed by atoms with E-state index in [9.17, 15) is 0 Å². The van der Waals surface area contributed by atoms with Gasteiger partial charge in [0, 0.05) is 5.41 Å². The maximum absolute atomic E-state index is 6.03. The largest absolute Gasteiger partial charge is 0.443 e. The zero-order chi connectivity index (χ0) is 18.5. The number of hydrogen-bond donors (Lipinski definition) is 0. The summed E-state index contributed by atoms with van der Waals surface area (Å²) in [7, 11) is 0. The lowest BCUT2D eigenvalue weighted by atomic mass is 9.81. The van der Waals surface area contributed by atoms with Crippen molar-refractivity contribution in [3.05, 3.63) is 59.8 Å². The van der Waals surface area contributed by atoms with Gasteiger partial charge in [-0.05, 0) is 41.2 Å². The molecular weight excluding hydrogens is 324 g/mol. The number of fused-ring (bicyclic) bond motifs is 2. The van der Waals surface area contributed by atoms with E-state index in [4.69, 9.17) is 13.8 Å². The molecule has 0 fully saturated rings. The minimum atomic E-state index is -0.234. The van der Waals surface area contributed by atoms with Gasteiger partial charge in [0.1, 0.15) is 11.0 Å². The van der Waals surface area contributed by atoms with Crippen LogP contribution in [0.5, 0.6) is 0 Å². The Morgan fingerprint density at radius 3 is 2.46 bits per heavy atom. The van der Waals surface area contributed by atoms with E-state index < -0.39 is 0 Å². The third kappa shape index (κ3) is 2.90. The number of rotatable bonds is 3. The summed E-state index contributed by atoms with van der Waals surface area (Å²) in [6.07, 6.45) is 2.33. The van der Waals surface area contributed by atoms with Gasteiger partial charge in [-0.2, -0.15) is 0 Å². The second kappa shape index (κ2) is 5.70. The molecule has 26 heavy (non-hydrogen) atoms. The van der Waals surface area contributed by atoms with Gasteiger partial charge in [0.25, 0.3) is 0 Å². The highest BCUT2D eigenvalue weighted by Gasteiger charge is 2.29. The van der Waals surface area contributed by atoms with E-state index in [0.29, 0.717) is 0 Å². The lowest BCUT2D eigenvalue weighted by Gasteiger charge is -2.24. The van der Waals surface area contributed by atoms with Crippen LogP contribution in [0.25, 0.3) is 22.2 Å². The van der Waals surface area contributed by atoms with Crippen LogP contribution in [0.3, 0.4) is 0 Å². The van der Waals surface area contributed by atoms with E-state index in [-0.39, 0.29) is 10.8 Å². The number of hydrogen-bond acceptors (Lipinski definition) is 4. The predicted octanol–water partition coefficient (Wildman–Crippen LogP) is 5.79. The Morgan fingerprint density at radius 2 is 1.73 bits per heavy atom. The molecule has 0 unspecified atom stereocenters. The highest BCUT2D eigenvalue weighted by Crippen LogP contribution is 2.34. The van der Waals surface area contributed by atoms with E-state index in [2.05, 4.69) is 51.7 Å². The van der Waals surface area contributed by atoms with Crippen molar-refractivity contribution in [1.82, 2.24) is 9.97 Å². The molecule has 0 bridgehead atoms. The van der Waals surface area contributed by atoms with Crippen LogP contribution < -0.4 is 0 Å². The molecule has 4 rings (SSSR count). The summed E-state index contributed by atoms with van der Waals surface area (Å²) in [4.78, 5) is 9.11. The molecule has 0 N–H and O–H groups in total. The van der Waals surface area contributed by atoms with Crippen LogP contribution in [0.2, 0.25) is 0 Å². The monoisotopic (exact) mass is 348 g/mol. The normalized spacial score (nSPS) is 13.0. The molecule has 2 aromatic carbocycles. The molecule has 4 nitrogen and oxygen atoms in total. The predicted molar refractivity (Wildman–Crippen MR) is 103 cm³/mol. The molecule has 2 heterocycles. The van der Waals surface area contributed by atoms with Gasteiger partial charge in [-0.3, -0.25) is 0 Å². The molecule has 134 valence electrons. The van der Waals surface area contributed by atoms with Gasteiger partial charge < -0.3 is 8.83 Å². The van der Waals surface area contributed by atoms with Crippen LogP contribution in [-0.4, -0.2) is 9.97 Å². The Labute approximate surface area is 153 Å². The fraction of sp³-hybridized carbons (Fsp3) is 0.364. The number of nitrogens with zero attached hydrogens (tertiary/aromatic N) is 2. The highest BCUT2D eigenvalue weighted by molar-refractivity contribution is 5.78. The van der Waals surface area contributed by atoms with Crippen molar-refractivity contribution in [2.75, 3.05) is 0 Å². The van der Waals surface area contributed by atoms with E-state index in [1.54, 1.807) is 0 Å². The Morgan fingerprint density at radius 1 is 0.962 bits per heavy atom. The van der Waals surface area contributed by atoms with Gasteiger partial charge >= 0.3 is 0 Å². The van der Waals surface area contributed by atoms with E-state index in [1.165, 1.54) is 17.5 Å². The van der Waals surface area contributed by atoms with Gasteiger partial charge in [0.05, 0.1) is 0 Å². The zero-order valence-corrected chi connectivity index (χ0v) is 16.0. The molecule has 4 heteroatoms. The Balaban J connectivity index is 1.75. The standard InChI is InChI=1S/C22H24N2O2/c1-21(2,3)15-10-14(11-18-19(15)23-13-25-18)12-22(4,5)20-24-16-8-6-7-9-17(16)26-20/h6-11,13H,12H2,1-5H3. The SMILES string of the molecule is CC(C)(C)c1cc(CC(C)(C)c2nc3ccccc3o2)cc2ocnc12. The molecule has 0 spiro atoms. The third-order valence-corrected chi connectivity index (χ3v) is 4.82. The van der Waals surface area contributed by atoms with Crippen molar-refractivity contribution in [1.29, 1.82) is 0 Å². The first-order valence-corrected chi connectivity index (χ1v) is 8.97. The number of benzene rings is 2. The second-order valence-corrected chi connectivity index (χ2v) is 8.64. The van der Waals surface area contributed by atoms with Crippen LogP contribution in [0.1, 0.15) is 51.6 Å². The van der Waals surface area contributed by atoms with Crippen molar-refractivity contribution >= 4 is 22.2 Å². The molecule has 0 aliphatic heterocycles. The molecule has 0 aliphatic carbocycles. The quantitative estimate of drug-likeness (QED) is 0.470. The summed E-state index contributed by atoms with van der Waals surface area (Å²) in [6, 6.07) is 12.2. The van der Waals surface area contributed by atoms with Crippen LogP contribution in [0, 0.1) is 0 Å². The second-order valence-electron chi connectivity index (χ2n) is 8.64. The van der Waals surface area contributed by atoms with Crippen molar-refractivity contribution in [2.45, 2.75) is 51.9 Å². The Hall–Kier alpha value is -2.62. The van der Waals surface area contributed by atoms with Gasteiger partial charge in [0.2, 0.25) is 5.89 Å². The summed E-state index contributed by atoms with van der Waals surface area (Å²) in [5, 5.41) is 0. The average molecular weight is 348 g/mol. The van der Waals surface area contributed by atoms with Crippen LogP contribution in [0.15, 0.2) is 51.6 Å². The van der Waals surface area contributed by atoms with E-state index in [1.807, 2.05) is 24.3 Å². The summed E-state index contributed by atoms with van der Waals surface area (Å²) >= 11 is 0. The molecule has 0 aliphatic rings. The third-order valence-electron chi connectivity index (χ3n) is 4.82. The Bertz CT molecular complexity index is 1050. The molecule has 0 radical (unpaired) electrons. The van der Waals surface area contributed by atoms with E-state index >= 15 is 0 Å². The Kier molecular flexibility index (Phi) is 3.69. The number of aromatic nitrogens is 2. The topological polar surface area (TPSA) is 52.1 Å². The average Bonchev–Trinajstić information content (AvgIpc) is 3.19. The molecule has 4 aromatic rings. The van der Waals surface area contributed by atoms with Gasteiger partial charge in [-0.15, -0.1) is 0 Å². The summed E-state index contributed by atoms with van der Waals surface area (Å²) in [6.45, 7) is 10.9. The van der Waals surface area contributed by atoms with Gasteiger partial charge in [-0.1, -0.05) is 52.8 Å². The van der Waals surface area contributed by atoms with Crippen LogP contribution in [0.4, 0.5) is 0 Å². The van der Waals surface area contributed by atoms with Crippen molar-refractivity contribution in [3.63, 3.8) is 0 Å². The molecule has 2 aromatic heterocycles. The molecule has 0 atom stereocenters. The number of oxazole rings is 2. The molecule has 0 amide bonds. The van der Waals surface area contributed by atoms with Gasteiger partial charge in [0.15, 0.2) is 17.6 Å². The van der Waals surface area contributed by atoms with Gasteiger partial charge in [-0.25, -0.2) is 9.97 Å². The molecule has 0 saturated carbocycles. The molecule has 0 saturated heterocycles. The first kappa shape index (κ1) is 16.8. The lowest BCUT2D eigenvalue weighted by molar-refractivity contribution is 0.381.